The van der Waals surface area contributed by atoms with Crippen LogP contribution < -0.4 is 0 Å². The molecule has 2 fully saturated rings. The number of aliphatic hydroxyl groups excluding tert-OH is 2. The van der Waals surface area contributed by atoms with Crippen LogP contribution in [0.4, 0.5) is 0 Å². The molecule has 2 N–H and O–H groups in total. The summed E-state index contributed by atoms with van der Waals surface area (Å²) in [5.41, 5.74) is 0.369. The summed E-state index contributed by atoms with van der Waals surface area (Å²) in [5, 5.41) is 21.6. The van der Waals surface area contributed by atoms with E-state index in [1.54, 1.807) is 0 Å². The molecular formula is C20H42O6SSi2. The van der Waals surface area contributed by atoms with E-state index in [-0.39, 0.29) is 22.2 Å². The van der Waals surface area contributed by atoms with Gasteiger partial charge in [-0.2, -0.15) is 0 Å². The second kappa shape index (κ2) is 10.00. The zero-order chi connectivity index (χ0) is 22.1. The molecule has 2 aliphatic rings. The van der Waals surface area contributed by atoms with E-state index in [0.29, 0.717) is 6.61 Å². The lowest BCUT2D eigenvalue weighted by Gasteiger charge is -2.54. The Morgan fingerprint density at radius 2 is 1.38 bits per heavy atom. The minimum absolute atomic E-state index is 0.168. The zero-order valence-corrected chi connectivity index (χ0v) is 22.4. The molecule has 0 saturated carbocycles. The van der Waals surface area contributed by atoms with Crippen molar-refractivity contribution in [3.63, 3.8) is 0 Å². The summed E-state index contributed by atoms with van der Waals surface area (Å²) in [5.74, 6) is 0.796. The van der Waals surface area contributed by atoms with Gasteiger partial charge in [-0.05, 0) is 27.9 Å². The van der Waals surface area contributed by atoms with Crippen LogP contribution in [-0.2, 0) is 17.7 Å². The summed E-state index contributed by atoms with van der Waals surface area (Å²) in [6.07, 6.45) is -3.10. The van der Waals surface area contributed by atoms with Crippen molar-refractivity contribution in [2.24, 2.45) is 0 Å². The van der Waals surface area contributed by atoms with Crippen LogP contribution in [0.15, 0.2) is 0 Å². The minimum Gasteiger partial charge on any atom is -0.414 e. The molecule has 2 rings (SSSR count). The summed E-state index contributed by atoms with van der Waals surface area (Å²) >= 11 is 1.50. The normalized spacial score (nSPS) is 35.1. The molecule has 2 aliphatic heterocycles. The van der Waals surface area contributed by atoms with Gasteiger partial charge in [0.15, 0.2) is 0 Å². The highest BCUT2D eigenvalue weighted by atomic mass is 32.2. The fraction of sp³-hybridized carbons (Fsp3) is 1.00. The van der Waals surface area contributed by atoms with E-state index in [4.69, 9.17) is 17.7 Å². The quantitative estimate of drug-likeness (QED) is 0.570. The van der Waals surface area contributed by atoms with Gasteiger partial charge < -0.3 is 27.9 Å². The molecular weight excluding hydrogens is 424 g/mol. The van der Waals surface area contributed by atoms with Crippen LogP contribution >= 0.6 is 11.8 Å². The van der Waals surface area contributed by atoms with Gasteiger partial charge in [0.1, 0.15) is 29.9 Å². The van der Waals surface area contributed by atoms with Crippen LogP contribution in [-0.4, -0.2) is 69.5 Å². The van der Waals surface area contributed by atoms with Gasteiger partial charge in [0.05, 0.1) is 6.61 Å². The van der Waals surface area contributed by atoms with E-state index in [2.05, 4.69) is 55.4 Å². The minimum atomic E-state index is -2.82. The number of thioether (sulfide) groups is 1. The van der Waals surface area contributed by atoms with Crippen LogP contribution in [0.2, 0.25) is 22.2 Å². The molecule has 9 heteroatoms. The summed E-state index contributed by atoms with van der Waals surface area (Å²) in [4.78, 5) is 0. The lowest BCUT2D eigenvalue weighted by atomic mass is 10.0. The number of hydrogen-bond donors (Lipinski definition) is 2. The number of hydrogen-bond acceptors (Lipinski definition) is 7. The molecule has 0 aromatic heterocycles. The molecule has 2 heterocycles. The van der Waals surface area contributed by atoms with E-state index < -0.39 is 47.0 Å². The maximum absolute atomic E-state index is 11.0. The fourth-order valence-electron chi connectivity index (χ4n) is 4.63. The van der Waals surface area contributed by atoms with Crippen LogP contribution in [0.1, 0.15) is 62.3 Å². The molecule has 0 radical (unpaired) electrons. The lowest BCUT2D eigenvalue weighted by Crippen LogP contribution is -2.69. The smallest absolute Gasteiger partial charge is 0.335 e. The van der Waals surface area contributed by atoms with E-state index in [9.17, 15) is 10.2 Å². The monoisotopic (exact) mass is 466 g/mol. The Morgan fingerprint density at radius 1 is 0.862 bits per heavy atom. The summed E-state index contributed by atoms with van der Waals surface area (Å²) in [6.45, 7) is 19.6. The van der Waals surface area contributed by atoms with Crippen molar-refractivity contribution >= 4 is 28.9 Å². The van der Waals surface area contributed by atoms with Crippen LogP contribution in [0.3, 0.4) is 0 Å². The molecule has 2 saturated heterocycles. The first-order valence-corrected chi connectivity index (χ1v) is 16.1. The molecule has 0 aliphatic carbocycles. The predicted octanol–water partition coefficient (Wildman–Crippen LogP) is 4.14. The molecule has 5 atom stereocenters. The van der Waals surface area contributed by atoms with Crippen LogP contribution in [0.5, 0.6) is 0 Å². The van der Waals surface area contributed by atoms with E-state index in [1.165, 1.54) is 11.8 Å². The highest BCUT2D eigenvalue weighted by Gasteiger charge is 2.61. The Bertz CT molecular complexity index is 517. The average molecular weight is 467 g/mol. The third kappa shape index (κ3) is 4.83. The van der Waals surface area contributed by atoms with Crippen molar-refractivity contribution in [1.29, 1.82) is 0 Å². The molecule has 0 aromatic carbocycles. The summed E-state index contributed by atoms with van der Waals surface area (Å²) in [7, 11) is -5.45. The van der Waals surface area contributed by atoms with Crippen molar-refractivity contribution in [2.45, 2.75) is 114 Å². The van der Waals surface area contributed by atoms with Gasteiger partial charge in [0.25, 0.3) is 0 Å². The fourth-order valence-corrected chi connectivity index (χ4v) is 16.7. The van der Waals surface area contributed by atoms with Gasteiger partial charge in [0, 0.05) is 0 Å². The first-order valence-electron chi connectivity index (χ1n) is 11.1. The third-order valence-electron chi connectivity index (χ3n) is 6.30. The standard InChI is InChI=1S/C20H42O6SSi2/c1-10-27-20-18(22)17(21)19-16(24-20)11-23-28(12(2)3,13(4)5)26-29(25-19,14(6)7)15(8)9/h12-22H,10-11H2,1-9H3/t16-,17-,18-,19-,20+/m1/s1. The van der Waals surface area contributed by atoms with E-state index >= 15 is 0 Å². The second-order valence-electron chi connectivity index (χ2n) is 9.54. The van der Waals surface area contributed by atoms with E-state index in [0.717, 1.165) is 5.75 Å². The second-order valence-corrected chi connectivity index (χ2v) is 19.8. The predicted molar refractivity (Wildman–Crippen MR) is 123 cm³/mol. The summed E-state index contributed by atoms with van der Waals surface area (Å²) < 4.78 is 26.8. The lowest BCUT2D eigenvalue weighted by molar-refractivity contribution is -0.207. The van der Waals surface area contributed by atoms with Gasteiger partial charge in [-0.25, -0.2) is 0 Å². The molecule has 0 spiro atoms. The van der Waals surface area contributed by atoms with Crippen LogP contribution in [0, 0.1) is 0 Å². The first kappa shape index (κ1) is 25.8. The highest BCUT2D eigenvalue weighted by Crippen LogP contribution is 2.47. The molecule has 0 amide bonds. The molecule has 29 heavy (non-hydrogen) atoms. The summed E-state index contributed by atoms with van der Waals surface area (Å²) in [6, 6.07) is 0. The Kier molecular flexibility index (Phi) is 8.89. The highest BCUT2D eigenvalue weighted by molar-refractivity contribution is 7.99. The molecule has 0 unspecified atom stereocenters. The van der Waals surface area contributed by atoms with Gasteiger partial charge in [-0.1, -0.05) is 62.3 Å². The van der Waals surface area contributed by atoms with E-state index in [1.807, 2.05) is 6.92 Å². The number of fused-ring (bicyclic) bond motifs is 1. The molecule has 0 aromatic rings. The maximum Gasteiger partial charge on any atom is 0.335 e. The molecule has 6 nitrogen and oxygen atoms in total. The van der Waals surface area contributed by atoms with Gasteiger partial charge in [-0.3, -0.25) is 0 Å². The Balaban J connectivity index is 2.53. The Morgan fingerprint density at radius 3 is 1.83 bits per heavy atom. The van der Waals surface area contributed by atoms with Gasteiger partial charge in [-0.15, -0.1) is 11.8 Å². The average Bonchev–Trinajstić information content (AvgIpc) is 2.61. The Hall–Kier alpha value is 0.544. The van der Waals surface area contributed by atoms with Crippen molar-refractivity contribution < 1.29 is 27.9 Å². The van der Waals surface area contributed by atoms with Crippen molar-refractivity contribution in [2.75, 3.05) is 12.4 Å². The SMILES string of the molecule is CCS[C@@H]1O[C@@H]2CO[Si](C(C)C)(C(C)C)O[Si](C(C)C)(C(C)C)O[C@H]2[C@H](O)[C@H]1O. The van der Waals surface area contributed by atoms with Crippen molar-refractivity contribution in [1.82, 2.24) is 0 Å². The van der Waals surface area contributed by atoms with Gasteiger partial charge >= 0.3 is 17.1 Å². The number of aliphatic hydroxyl groups is 2. The first-order chi connectivity index (χ1) is 13.4. The molecule has 0 bridgehead atoms. The Labute approximate surface area is 183 Å². The largest absolute Gasteiger partial charge is 0.414 e. The van der Waals surface area contributed by atoms with Crippen molar-refractivity contribution in [3.8, 4) is 0 Å². The topological polar surface area (TPSA) is 77.4 Å². The zero-order valence-electron chi connectivity index (χ0n) is 19.5. The maximum atomic E-state index is 11.0. The van der Waals surface area contributed by atoms with Crippen LogP contribution in [0.25, 0.3) is 0 Å². The molecule has 172 valence electrons. The van der Waals surface area contributed by atoms with Gasteiger partial charge in [0.2, 0.25) is 0 Å². The van der Waals surface area contributed by atoms with Crippen molar-refractivity contribution in [3.05, 3.63) is 0 Å². The third-order valence-corrected chi connectivity index (χ3v) is 17.6. The number of ether oxygens (including phenoxy) is 1. The number of rotatable bonds is 6.